The van der Waals surface area contributed by atoms with Crippen LogP contribution in [0.5, 0.6) is 5.75 Å². The van der Waals surface area contributed by atoms with Crippen LogP contribution < -0.4 is 10.1 Å². The zero-order valence-electron chi connectivity index (χ0n) is 12.1. The minimum absolute atomic E-state index is 0.756. The molecule has 20 heavy (non-hydrogen) atoms. The fraction of sp³-hybridized carbons (Fsp3) is 0.333. The fourth-order valence-corrected chi connectivity index (χ4v) is 2.03. The van der Waals surface area contributed by atoms with Crippen molar-refractivity contribution in [1.29, 1.82) is 0 Å². The summed E-state index contributed by atoms with van der Waals surface area (Å²) >= 11 is 0. The van der Waals surface area contributed by atoms with Crippen LogP contribution in [0, 0.1) is 0 Å². The van der Waals surface area contributed by atoms with Crippen molar-refractivity contribution in [3.05, 3.63) is 65.7 Å². The fourth-order valence-electron chi connectivity index (χ4n) is 2.03. The van der Waals surface area contributed by atoms with E-state index in [4.69, 9.17) is 4.74 Å². The monoisotopic (exact) mass is 269 g/mol. The van der Waals surface area contributed by atoms with Gasteiger partial charge in [-0.3, -0.25) is 0 Å². The molecule has 0 bridgehead atoms. The molecule has 2 nitrogen and oxygen atoms in total. The summed E-state index contributed by atoms with van der Waals surface area (Å²) in [6.45, 7) is 4.84. The standard InChI is InChI=1S/C18H23NO/c1-2-16-9-11-17(12-10-16)15-19-13-6-14-20-18-7-4-3-5-8-18/h3-5,7-12,19H,2,6,13-15H2,1H3. The lowest BCUT2D eigenvalue weighted by Crippen LogP contribution is -2.17. The van der Waals surface area contributed by atoms with Gasteiger partial charge in [0, 0.05) is 6.54 Å². The average Bonchev–Trinajstić information content (AvgIpc) is 2.52. The minimum Gasteiger partial charge on any atom is -0.494 e. The number of para-hydroxylation sites is 1. The Kier molecular flexibility index (Phi) is 6.12. The molecule has 0 fully saturated rings. The molecule has 0 radical (unpaired) electrons. The van der Waals surface area contributed by atoms with Gasteiger partial charge in [0.2, 0.25) is 0 Å². The van der Waals surface area contributed by atoms with Crippen LogP contribution in [0.3, 0.4) is 0 Å². The van der Waals surface area contributed by atoms with Crippen LogP contribution in [0.4, 0.5) is 0 Å². The molecule has 2 aromatic carbocycles. The van der Waals surface area contributed by atoms with E-state index in [0.717, 1.165) is 38.3 Å². The summed E-state index contributed by atoms with van der Waals surface area (Å²) in [5.74, 6) is 0.947. The first-order valence-corrected chi connectivity index (χ1v) is 7.35. The smallest absolute Gasteiger partial charge is 0.119 e. The van der Waals surface area contributed by atoms with Crippen molar-refractivity contribution in [3.63, 3.8) is 0 Å². The van der Waals surface area contributed by atoms with Crippen molar-refractivity contribution >= 4 is 0 Å². The number of benzene rings is 2. The van der Waals surface area contributed by atoms with Gasteiger partial charge in [-0.05, 0) is 42.6 Å². The quantitative estimate of drug-likeness (QED) is 0.736. The molecule has 0 atom stereocenters. The predicted molar refractivity (Wildman–Crippen MR) is 84.1 cm³/mol. The molecule has 0 spiro atoms. The van der Waals surface area contributed by atoms with Gasteiger partial charge in [0.25, 0.3) is 0 Å². The molecular formula is C18H23NO. The Morgan fingerprint density at radius 1 is 0.900 bits per heavy atom. The Balaban J connectivity index is 1.57. The van der Waals surface area contributed by atoms with E-state index in [1.165, 1.54) is 11.1 Å². The third-order valence-electron chi connectivity index (χ3n) is 3.27. The Morgan fingerprint density at radius 2 is 1.60 bits per heavy atom. The molecule has 0 unspecified atom stereocenters. The lowest BCUT2D eigenvalue weighted by molar-refractivity contribution is 0.308. The Morgan fingerprint density at radius 3 is 2.30 bits per heavy atom. The van der Waals surface area contributed by atoms with Gasteiger partial charge in [0.1, 0.15) is 5.75 Å². The zero-order chi connectivity index (χ0) is 14.0. The molecule has 0 saturated heterocycles. The summed E-state index contributed by atoms with van der Waals surface area (Å²) in [5, 5.41) is 3.45. The van der Waals surface area contributed by atoms with Crippen molar-refractivity contribution in [2.45, 2.75) is 26.3 Å². The molecule has 106 valence electrons. The molecule has 0 aromatic heterocycles. The molecule has 2 rings (SSSR count). The van der Waals surface area contributed by atoms with Gasteiger partial charge in [-0.25, -0.2) is 0 Å². The second-order valence-corrected chi connectivity index (χ2v) is 4.86. The topological polar surface area (TPSA) is 21.3 Å². The second-order valence-electron chi connectivity index (χ2n) is 4.86. The van der Waals surface area contributed by atoms with Gasteiger partial charge in [0.15, 0.2) is 0 Å². The zero-order valence-corrected chi connectivity index (χ0v) is 12.1. The molecule has 0 heterocycles. The molecule has 0 aliphatic carbocycles. The molecule has 1 N–H and O–H groups in total. The summed E-state index contributed by atoms with van der Waals surface area (Å²) in [6, 6.07) is 18.8. The highest BCUT2D eigenvalue weighted by Gasteiger charge is 1.95. The van der Waals surface area contributed by atoms with E-state index in [1.807, 2.05) is 30.3 Å². The van der Waals surface area contributed by atoms with Gasteiger partial charge in [0.05, 0.1) is 6.61 Å². The summed E-state index contributed by atoms with van der Waals surface area (Å²) in [4.78, 5) is 0. The highest BCUT2D eigenvalue weighted by atomic mass is 16.5. The SMILES string of the molecule is CCc1ccc(CNCCCOc2ccccc2)cc1. The van der Waals surface area contributed by atoms with Crippen LogP contribution in [0.15, 0.2) is 54.6 Å². The molecule has 0 amide bonds. The molecule has 0 aliphatic heterocycles. The maximum Gasteiger partial charge on any atom is 0.119 e. The summed E-state index contributed by atoms with van der Waals surface area (Å²) in [7, 11) is 0. The van der Waals surface area contributed by atoms with E-state index in [9.17, 15) is 0 Å². The normalized spacial score (nSPS) is 10.4. The van der Waals surface area contributed by atoms with Crippen LogP contribution in [0.2, 0.25) is 0 Å². The number of aryl methyl sites for hydroxylation is 1. The number of hydrogen-bond donors (Lipinski definition) is 1. The van der Waals surface area contributed by atoms with E-state index < -0.39 is 0 Å². The van der Waals surface area contributed by atoms with Gasteiger partial charge < -0.3 is 10.1 Å². The van der Waals surface area contributed by atoms with Crippen LogP contribution >= 0.6 is 0 Å². The van der Waals surface area contributed by atoms with Crippen LogP contribution in [-0.4, -0.2) is 13.2 Å². The van der Waals surface area contributed by atoms with E-state index in [0.29, 0.717) is 0 Å². The number of ether oxygens (including phenoxy) is 1. The third kappa shape index (κ3) is 5.06. The van der Waals surface area contributed by atoms with Gasteiger partial charge in [-0.2, -0.15) is 0 Å². The Hall–Kier alpha value is -1.80. The molecule has 2 heteroatoms. The minimum atomic E-state index is 0.756. The van der Waals surface area contributed by atoms with Crippen molar-refractivity contribution in [1.82, 2.24) is 5.32 Å². The highest BCUT2D eigenvalue weighted by Crippen LogP contribution is 2.08. The average molecular weight is 269 g/mol. The highest BCUT2D eigenvalue weighted by molar-refractivity contribution is 5.22. The second kappa shape index (κ2) is 8.39. The maximum atomic E-state index is 5.65. The third-order valence-corrected chi connectivity index (χ3v) is 3.27. The molecular weight excluding hydrogens is 246 g/mol. The lowest BCUT2D eigenvalue weighted by Gasteiger charge is -2.07. The van der Waals surface area contributed by atoms with Crippen LogP contribution in [0.1, 0.15) is 24.5 Å². The molecule has 0 saturated carbocycles. The number of nitrogens with one attached hydrogen (secondary N) is 1. The summed E-state index contributed by atoms with van der Waals surface area (Å²) in [5.41, 5.74) is 2.73. The Labute approximate surface area is 121 Å². The largest absolute Gasteiger partial charge is 0.494 e. The van der Waals surface area contributed by atoms with Crippen molar-refractivity contribution in [2.75, 3.05) is 13.2 Å². The van der Waals surface area contributed by atoms with Crippen molar-refractivity contribution in [3.8, 4) is 5.75 Å². The van der Waals surface area contributed by atoms with Gasteiger partial charge in [-0.15, -0.1) is 0 Å². The van der Waals surface area contributed by atoms with Crippen LogP contribution in [-0.2, 0) is 13.0 Å². The molecule has 0 aliphatic rings. The first-order valence-electron chi connectivity index (χ1n) is 7.35. The number of hydrogen-bond acceptors (Lipinski definition) is 2. The first kappa shape index (κ1) is 14.6. The van der Waals surface area contributed by atoms with E-state index in [1.54, 1.807) is 0 Å². The van der Waals surface area contributed by atoms with E-state index in [-0.39, 0.29) is 0 Å². The van der Waals surface area contributed by atoms with Crippen LogP contribution in [0.25, 0.3) is 0 Å². The van der Waals surface area contributed by atoms with E-state index >= 15 is 0 Å². The van der Waals surface area contributed by atoms with E-state index in [2.05, 4.69) is 36.5 Å². The Bertz CT molecular complexity index is 479. The summed E-state index contributed by atoms with van der Waals surface area (Å²) in [6.07, 6.45) is 2.12. The van der Waals surface area contributed by atoms with Gasteiger partial charge >= 0.3 is 0 Å². The van der Waals surface area contributed by atoms with Crippen molar-refractivity contribution < 1.29 is 4.74 Å². The lowest BCUT2D eigenvalue weighted by atomic mass is 10.1. The molecule has 2 aromatic rings. The number of rotatable bonds is 8. The maximum absolute atomic E-state index is 5.65. The van der Waals surface area contributed by atoms with Gasteiger partial charge in [-0.1, -0.05) is 49.4 Å². The summed E-state index contributed by atoms with van der Waals surface area (Å²) < 4.78 is 5.65. The van der Waals surface area contributed by atoms with Crippen molar-refractivity contribution in [2.24, 2.45) is 0 Å². The predicted octanol–water partition coefficient (Wildman–Crippen LogP) is 3.81. The first-order chi connectivity index (χ1) is 9.88.